The molecular weight excluding hydrogens is 334 g/mol. The Kier molecular flexibility index (Phi) is 5.02. The maximum Gasteiger partial charge on any atom is 0.326 e. The van der Waals surface area contributed by atoms with Crippen LogP contribution in [0.1, 0.15) is 22.8 Å². The number of ketones is 1. The summed E-state index contributed by atoms with van der Waals surface area (Å²) in [6.45, 7) is 1.98. The Morgan fingerprint density at radius 1 is 1.08 bits per heavy atom. The molecule has 1 aliphatic rings. The summed E-state index contributed by atoms with van der Waals surface area (Å²) in [6.07, 6.45) is 0. The summed E-state index contributed by atoms with van der Waals surface area (Å²) in [4.78, 5) is 39.2. The van der Waals surface area contributed by atoms with E-state index >= 15 is 0 Å². The van der Waals surface area contributed by atoms with Crippen LogP contribution in [0.3, 0.4) is 0 Å². The van der Waals surface area contributed by atoms with Crippen LogP contribution >= 0.6 is 0 Å². The second kappa shape index (κ2) is 7.39. The van der Waals surface area contributed by atoms with Crippen molar-refractivity contribution in [2.75, 3.05) is 18.6 Å². The zero-order valence-corrected chi connectivity index (χ0v) is 14.6. The van der Waals surface area contributed by atoms with Crippen molar-refractivity contribution in [1.29, 1.82) is 0 Å². The van der Waals surface area contributed by atoms with Gasteiger partial charge in [0.05, 0.1) is 25.9 Å². The van der Waals surface area contributed by atoms with E-state index < -0.39 is 23.6 Å². The van der Waals surface area contributed by atoms with E-state index in [1.165, 1.54) is 4.90 Å². The smallest absolute Gasteiger partial charge is 0.326 e. The summed E-state index contributed by atoms with van der Waals surface area (Å²) in [6, 6.07) is 14.1. The number of ether oxygens (including phenoxy) is 2. The van der Waals surface area contributed by atoms with E-state index in [2.05, 4.69) is 0 Å². The molecule has 0 radical (unpaired) electrons. The van der Waals surface area contributed by atoms with Gasteiger partial charge in [0.15, 0.2) is 11.7 Å². The third-order valence-corrected chi connectivity index (χ3v) is 4.26. The van der Waals surface area contributed by atoms with Crippen molar-refractivity contribution in [2.24, 2.45) is 5.92 Å². The average molecular weight is 353 g/mol. The standard InChI is InChI=1S/C20H19NO5/c1-3-26-20(24)17-18(22)15-6-4-5-7-16(15)21(19(17)23)12-13-8-10-14(25-2)11-9-13/h4-11,17H,3,12H2,1-2H3. The molecule has 0 saturated heterocycles. The number of amides is 1. The van der Waals surface area contributed by atoms with Gasteiger partial charge in [0.2, 0.25) is 5.91 Å². The number of hydrogen-bond donors (Lipinski definition) is 0. The summed E-state index contributed by atoms with van der Waals surface area (Å²) in [5.41, 5.74) is 1.70. The van der Waals surface area contributed by atoms with Gasteiger partial charge in [0.1, 0.15) is 5.75 Å². The number of esters is 1. The van der Waals surface area contributed by atoms with Crippen LogP contribution in [0.5, 0.6) is 5.75 Å². The second-order valence-electron chi connectivity index (χ2n) is 5.84. The van der Waals surface area contributed by atoms with Crippen LogP contribution in [0, 0.1) is 5.92 Å². The Hall–Kier alpha value is -3.15. The molecule has 6 heteroatoms. The minimum atomic E-state index is -1.46. The van der Waals surface area contributed by atoms with E-state index in [0.717, 1.165) is 5.56 Å². The SMILES string of the molecule is CCOC(=O)C1C(=O)c2ccccc2N(Cc2ccc(OC)cc2)C1=O. The number of hydrogen-bond acceptors (Lipinski definition) is 5. The summed E-state index contributed by atoms with van der Waals surface area (Å²) in [7, 11) is 1.58. The molecule has 0 bridgehead atoms. The highest BCUT2D eigenvalue weighted by Gasteiger charge is 2.44. The molecule has 26 heavy (non-hydrogen) atoms. The van der Waals surface area contributed by atoms with Gasteiger partial charge in [-0.05, 0) is 36.8 Å². The van der Waals surface area contributed by atoms with Gasteiger partial charge in [-0.15, -0.1) is 0 Å². The highest BCUT2D eigenvalue weighted by molar-refractivity contribution is 6.30. The molecule has 0 spiro atoms. The molecule has 1 atom stereocenters. The lowest BCUT2D eigenvalue weighted by atomic mass is 9.90. The molecule has 0 aliphatic carbocycles. The maximum absolute atomic E-state index is 12.9. The summed E-state index contributed by atoms with van der Waals surface area (Å²) in [5, 5.41) is 0. The van der Waals surface area contributed by atoms with E-state index in [9.17, 15) is 14.4 Å². The first kappa shape index (κ1) is 17.7. The summed E-state index contributed by atoms with van der Waals surface area (Å²) < 4.78 is 10.1. The van der Waals surface area contributed by atoms with Crippen molar-refractivity contribution in [3.63, 3.8) is 0 Å². The fourth-order valence-corrected chi connectivity index (χ4v) is 2.97. The lowest BCUT2D eigenvalue weighted by molar-refractivity contribution is -0.149. The molecule has 6 nitrogen and oxygen atoms in total. The van der Waals surface area contributed by atoms with E-state index in [0.29, 0.717) is 17.0 Å². The number of methoxy groups -OCH3 is 1. The lowest BCUT2D eigenvalue weighted by Crippen LogP contribution is -2.48. The van der Waals surface area contributed by atoms with Crippen LogP contribution in [0.25, 0.3) is 0 Å². The molecule has 0 aromatic heterocycles. The molecule has 1 amide bonds. The minimum Gasteiger partial charge on any atom is -0.497 e. The van der Waals surface area contributed by atoms with Gasteiger partial charge in [-0.1, -0.05) is 24.3 Å². The largest absolute Gasteiger partial charge is 0.497 e. The highest BCUT2D eigenvalue weighted by atomic mass is 16.5. The molecule has 1 heterocycles. The lowest BCUT2D eigenvalue weighted by Gasteiger charge is -2.32. The Bertz CT molecular complexity index is 844. The van der Waals surface area contributed by atoms with Crippen molar-refractivity contribution in [1.82, 2.24) is 0 Å². The molecule has 0 saturated carbocycles. The zero-order valence-electron chi connectivity index (χ0n) is 14.6. The van der Waals surface area contributed by atoms with Crippen molar-refractivity contribution in [2.45, 2.75) is 13.5 Å². The Balaban J connectivity index is 1.98. The van der Waals surface area contributed by atoms with Crippen molar-refractivity contribution >= 4 is 23.3 Å². The quantitative estimate of drug-likeness (QED) is 0.610. The van der Waals surface area contributed by atoms with Gasteiger partial charge in [0.25, 0.3) is 0 Å². The number of benzene rings is 2. The van der Waals surface area contributed by atoms with Gasteiger partial charge in [0, 0.05) is 5.56 Å². The van der Waals surface area contributed by atoms with Crippen LogP contribution in [0.2, 0.25) is 0 Å². The van der Waals surface area contributed by atoms with Crippen molar-refractivity contribution in [3.8, 4) is 5.75 Å². The van der Waals surface area contributed by atoms with Crippen molar-refractivity contribution in [3.05, 3.63) is 59.7 Å². The fraction of sp³-hybridized carbons (Fsp3) is 0.250. The summed E-state index contributed by atoms with van der Waals surface area (Å²) >= 11 is 0. The Morgan fingerprint density at radius 2 is 1.77 bits per heavy atom. The van der Waals surface area contributed by atoms with Crippen LogP contribution in [0.15, 0.2) is 48.5 Å². The van der Waals surface area contributed by atoms with Gasteiger partial charge in [-0.3, -0.25) is 14.4 Å². The average Bonchev–Trinajstić information content (AvgIpc) is 2.66. The topological polar surface area (TPSA) is 72.9 Å². The van der Waals surface area contributed by atoms with Crippen LogP contribution in [-0.4, -0.2) is 31.4 Å². The number of carbonyl (C=O) groups is 3. The van der Waals surface area contributed by atoms with Gasteiger partial charge < -0.3 is 14.4 Å². The number of Topliss-reactive ketones (excluding diaryl/α,β-unsaturated/α-hetero) is 1. The third-order valence-electron chi connectivity index (χ3n) is 4.26. The third kappa shape index (κ3) is 3.18. The molecule has 1 unspecified atom stereocenters. The first-order chi connectivity index (χ1) is 12.6. The van der Waals surface area contributed by atoms with Crippen LogP contribution in [-0.2, 0) is 20.9 Å². The van der Waals surface area contributed by atoms with Gasteiger partial charge >= 0.3 is 5.97 Å². The molecular formula is C20H19NO5. The molecule has 3 rings (SSSR count). The van der Waals surface area contributed by atoms with Crippen LogP contribution in [0.4, 0.5) is 5.69 Å². The number of rotatable bonds is 5. The minimum absolute atomic E-state index is 0.107. The zero-order chi connectivity index (χ0) is 18.7. The van der Waals surface area contributed by atoms with Crippen LogP contribution < -0.4 is 9.64 Å². The number of carbonyl (C=O) groups excluding carboxylic acids is 3. The van der Waals surface area contributed by atoms with E-state index in [1.54, 1.807) is 50.4 Å². The molecule has 134 valence electrons. The number of nitrogens with zero attached hydrogens (tertiary/aromatic N) is 1. The maximum atomic E-state index is 12.9. The van der Waals surface area contributed by atoms with E-state index in [-0.39, 0.29) is 13.2 Å². The number of para-hydroxylation sites is 1. The van der Waals surface area contributed by atoms with E-state index in [1.807, 2.05) is 12.1 Å². The molecule has 2 aromatic rings. The Morgan fingerprint density at radius 3 is 2.42 bits per heavy atom. The van der Waals surface area contributed by atoms with Gasteiger partial charge in [-0.2, -0.15) is 0 Å². The molecule has 1 aliphatic heterocycles. The number of anilines is 1. The van der Waals surface area contributed by atoms with Gasteiger partial charge in [-0.25, -0.2) is 0 Å². The summed E-state index contributed by atoms with van der Waals surface area (Å²) in [5.74, 6) is -2.64. The predicted octanol–water partition coefficient (Wildman–Crippen LogP) is 2.60. The van der Waals surface area contributed by atoms with E-state index in [4.69, 9.17) is 9.47 Å². The monoisotopic (exact) mass is 353 g/mol. The Labute approximate surface area is 151 Å². The predicted molar refractivity (Wildman–Crippen MR) is 95.1 cm³/mol. The number of fused-ring (bicyclic) bond motifs is 1. The highest BCUT2D eigenvalue weighted by Crippen LogP contribution is 2.32. The van der Waals surface area contributed by atoms with Crippen molar-refractivity contribution < 1.29 is 23.9 Å². The second-order valence-corrected chi connectivity index (χ2v) is 5.84. The normalized spacial score (nSPS) is 16.2. The first-order valence-corrected chi connectivity index (χ1v) is 8.31. The molecule has 0 fully saturated rings. The molecule has 2 aromatic carbocycles. The first-order valence-electron chi connectivity index (χ1n) is 8.31. The fourth-order valence-electron chi connectivity index (χ4n) is 2.97. The molecule has 0 N–H and O–H groups in total.